The van der Waals surface area contributed by atoms with Gasteiger partial charge in [-0.25, -0.2) is 0 Å². The van der Waals surface area contributed by atoms with Crippen LogP contribution in [0.15, 0.2) is 0 Å². The number of esters is 2. The highest BCUT2D eigenvalue weighted by molar-refractivity contribution is 5.80. The largest absolute Gasteiger partial charge is 0.469 e. The maximum Gasteiger partial charge on any atom is 0.305 e. The molecule has 10 rings (SSSR count). The number of fused-ring (bicyclic) bond motifs is 10. The minimum atomic E-state index is -0.0868. The fourth-order valence-corrected chi connectivity index (χ4v) is 19.7. The lowest BCUT2D eigenvalue weighted by molar-refractivity contribution is -0.243. The number of carbonyl (C=O) groups excluding carboxylic acids is 4. The molecule has 10 nitrogen and oxygen atoms in total. The van der Waals surface area contributed by atoms with Crippen LogP contribution in [0.25, 0.3) is 0 Å². The Kier molecular flexibility index (Phi) is 16.5. The molecule has 0 N–H and O–H groups in total. The van der Waals surface area contributed by atoms with E-state index in [-0.39, 0.29) is 47.6 Å². The van der Waals surface area contributed by atoms with E-state index >= 15 is 0 Å². The maximum absolute atomic E-state index is 12.6. The lowest BCUT2D eigenvalue weighted by Crippen LogP contribution is -2.59. The van der Waals surface area contributed by atoms with E-state index in [4.69, 9.17) is 28.4 Å². The third-order valence-electron chi connectivity index (χ3n) is 23.5. The van der Waals surface area contributed by atoms with Gasteiger partial charge in [-0.2, -0.15) is 0 Å². The van der Waals surface area contributed by atoms with Crippen molar-refractivity contribution in [3.05, 3.63) is 0 Å². The normalized spacial score (nSPS) is 46.3. The van der Waals surface area contributed by atoms with Gasteiger partial charge in [-0.05, 0) is 221 Å². The first-order chi connectivity index (χ1) is 33.5. The number of rotatable bonds is 12. The molecule has 0 aromatic carbocycles. The first-order valence-electron chi connectivity index (χ1n) is 29.2. The standard InChI is InChI=1S/2C30H48O5/c2*1-19(8-11-27(32)33-4)22-9-10-23-21-18-26(35-28-7-5-6-16-34-28)25-17-20(31)12-14-30(25,3)24(21)13-15-29(22,23)2/h2*19,21-26,28H,5-18H2,1-4H3/t2*19-,21?,22?,23?,24?,25+,26+,28?,29?,30?/m11/s1. The number of hydrogen-bond acceptors (Lipinski definition) is 10. The SMILES string of the molecule is COC(=O)CC[C@@H](C)C1CCC2C3C[C@H](OC4CCCCO4)[C@@H]4CC(=O)CCC4(C)C3CCC21C.COC(=O)CC[C@@H](C)C1CCC2C3C[C@H](OC4CCCCO4)[C@@H]4CC(=O)CCC4(C)C3CCC21C. The van der Waals surface area contributed by atoms with Crippen LogP contribution < -0.4 is 0 Å². The van der Waals surface area contributed by atoms with Gasteiger partial charge < -0.3 is 28.4 Å². The molecule has 0 spiro atoms. The van der Waals surface area contributed by atoms with Gasteiger partial charge in [0.1, 0.15) is 11.6 Å². The average molecular weight is 977 g/mol. The van der Waals surface area contributed by atoms with Crippen molar-refractivity contribution in [3.8, 4) is 0 Å². The molecule has 70 heavy (non-hydrogen) atoms. The van der Waals surface area contributed by atoms with Crippen molar-refractivity contribution in [2.45, 2.75) is 233 Å². The van der Waals surface area contributed by atoms with Crippen molar-refractivity contribution in [1.29, 1.82) is 0 Å². The second-order valence-corrected chi connectivity index (χ2v) is 26.5. The van der Waals surface area contributed by atoms with Crippen LogP contribution in [0.1, 0.15) is 208 Å². The van der Waals surface area contributed by atoms with Crippen molar-refractivity contribution in [1.82, 2.24) is 0 Å². The topological polar surface area (TPSA) is 124 Å². The zero-order valence-electron chi connectivity index (χ0n) is 45.1. The van der Waals surface area contributed by atoms with Crippen LogP contribution in [-0.4, -0.2) is 75.7 Å². The third-order valence-corrected chi connectivity index (χ3v) is 23.5. The van der Waals surface area contributed by atoms with Gasteiger partial charge in [-0.15, -0.1) is 0 Å². The molecule has 20 atom stereocenters. The zero-order chi connectivity index (χ0) is 49.6. The molecule has 0 aromatic rings. The minimum absolute atomic E-state index is 0.0803. The first-order valence-corrected chi connectivity index (χ1v) is 29.2. The Balaban J connectivity index is 0.000000174. The summed E-state index contributed by atoms with van der Waals surface area (Å²) >= 11 is 0. The monoisotopic (exact) mass is 977 g/mol. The van der Waals surface area contributed by atoms with Crippen LogP contribution in [0.3, 0.4) is 0 Å². The molecule has 10 heteroatoms. The van der Waals surface area contributed by atoms with Gasteiger partial charge in [0, 0.05) is 51.7 Å². The molecule has 8 saturated carbocycles. The second kappa shape index (κ2) is 21.8. The summed E-state index contributed by atoms with van der Waals surface area (Å²) in [6, 6.07) is 0. The summed E-state index contributed by atoms with van der Waals surface area (Å²) in [6.07, 6.45) is 27.1. The van der Waals surface area contributed by atoms with E-state index in [9.17, 15) is 19.2 Å². The number of ether oxygens (including phenoxy) is 6. The van der Waals surface area contributed by atoms with Crippen molar-refractivity contribution < 1.29 is 47.6 Å². The van der Waals surface area contributed by atoms with Crippen LogP contribution in [0, 0.1) is 92.7 Å². The van der Waals surface area contributed by atoms with Crippen LogP contribution in [0.5, 0.6) is 0 Å². The highest BCUT2D eigenvalue weighted by atomic mass is 16.7. The van der Waals surface area contributed by atoms with E-state index in [1.807, 2.05) is 0 Å². The number of carbonyl (C=O) groups is 4. The van der Waals surface area contributed by atoms with Gasteiger partial charge in [0.25, 0.3) is 0 Å². The zero-order valence-corrected chi connectivity index (χ0v) is 45.1. The van der Waals surface area contributed by atoms with Crippen LogP contribution in [0.2, 0.25) is 0 Å². The molecule has 396 valence electrons. The lowest BCUT2D eigenvalue weighted by atomic mass is 9.44. The lowest BCUT2D eigenvalue weighted by Gasteiger charge is -2.62. The van der Waals surface area contributed by atoms with Gasteiger partial charge in [-0.1, -0.05) is 41.5 Å². The Hall–Kier alpha value is -1.88. The van der Waals surface area contributed by atoms with Crippen molar-refractivity contribution in [2.24, 2.45) is 92.7 Å². The summed E-state index contributed by atoms with van der Waals surface area (Å²) in [5.41, 5.74) is 1.09. The molecule has 0 radical (unpaired) electrons. The van der Waals surface area contributed by atoms with E-state index in [0.717, 1.165) is 102 Å². The van der Waals surface area contributed by atoms with Crippen LogP contribution in [-0.2, 0) is 47.6 Å². The third kappa shape index (κ3) is 10.2. The van der Waals surface area contributed by atoms with Crippen LogP contribution >= 0.6 is 0 Å². The highest BCUT2D eigenvalue weighted by Gasteiger charge is 2.65. The van der Waals surface area contributed by atoms with Crippen LogP contribution in [0.4, 0.5) is 0 Å². The van der Waals surface area contributed by atoms with E-state index < -0.39 is 0 Å². The molecule has 2 saturated heterocycles. The number of ketones is 2. The summed E-state index contributed by atoms with van der Waals surface area (Å²) in [7, 11) is 2.99. The predicted octanol–water partition coefficient (Wildman–Crippen LogP) is 12.7. The van der Waals surface area contributed by atoms with Gasteiger partial charge in [0.2, 0.25) is 0 Å². The molecule has 2 aliphatic heterocycles. The first kappa shape index (κ1) is 53.0. The fourth-order valence-electron chi connectivity index (χ4n) is 19.7. The Labute approximate surface area is 423 Å². The number of methoxy groups -OCH3 is 2. The Morgan fingerprint density at radius 3 is 1.30 bits per heavy atom. The Bertz CT molecular complexity index is 1710. The van der Waals surface area contributed by atoms with Crippen molar-refractivity contribution in [3.63, 3.8) is 0 Å². The smallest absolute Gasteiger partial charge is 0.305 e. The molecule has 8 aliphatic carbocycles. The van der Waals surface area contributed by atoms with Crippen molar-refractivity contribution >= 4 is 23.5 Å². The highest BCUT2D eigenvalue weighted by Crippen LogP contribution is 2.70. The molecule has 0 aromatic heterocycles. The van der Waals surface area contributed by atoms with E-state index in [0.29, 0.717) is 107 Å². The quantitative estimate of drug-likeness (QED) is 0.138. The Morgan fingerprint density at radius 1 is 0.529 bits per heavy atom. The molecule has 10 fully saturated rings. The number of Topliss-reactive ketones (excluding diaryl/α,β-unsaturated/α-hetero) is 2. The molecule has 0 bridgehead atoms. The Morgan fingerprint density at radius 2 is 0.929 bits per heavy atom. The molecular weight excluding hydrogens is 881 g/mol. The van der Waals surface area contributed by atoms with Gasteiger partial charge in [0.05, 0.1) is 26.4 Å². The van der Waals surface area contributed by atoms with E-state index in [1.165, 1.54) is 78.4 Å². The molecule has 14 unspecified atom stereocenters. The summed E-state index contributed by atoms with van der Waals surface area (Å²) in [5.74, 6) is 8.05. The fraction of sp³-hybridized carbons (Fsp3) is 0.933. The molecule has 0 amide bonds. The van der Waals surface area contributed by atoms with E-state index in [1.54, 1.807) is 0 Å². The average Bonchev–Trinajstić information content (AvgIpc) is 3.91. The number of hydrogen-bond donors (Lipinski definition) is 0. The summed E-state index contributed by atoms with van der Waals surface area (Å²) in [5, 5.41) is 0. The van der Waals surface area contributed by atoms with Gasteiger partial charge in [-0.3, -0.25) is 19.2 Å². The summed E-state index contributed by atoms with van der Waals surface area (Å²) in [6.45, 7) is 16.5. The predicted molar refractivity (Wildman–Crippen MR) is 269 cm³/mol. The summed E-state index contributed by atoms with van der Waals surface area (Å²) in [4.78, 5) is 48.8. The van der Waals surface area contributed by atoms with Crippen molar-refractivity contribution in [2.75, 3.05) is 27.4 Å². The molecule has 10 aliphatic rings. The minimum Gasteiger partial charge on any atom is -0.469 e. The maximum atomic E-state index is 12.6. The molecular formula is C60H96O10. The van der Waals surface area contributed by atoms with E-state index in [2.05, 4.69) is 41.5 Å². The van der Waals surface area contributed by atoms with Gasteiger partial charge >= 0.3 is 11.9 Å². The van der Waals surface area contributed by atoms with Gasteiger partial charge in [0.15, 0.2) is 12.6 Å². The molecule has 2 heterocycles. The second-order valence-electron chi connectivity index (χ2n) is 26.5. The summed E-state index contributed by atoms with van der Waals surface area (Å²) < 4.78 is 35.4.